The van der Waals surface area contributed by atoms with E-state index in [1.54, 1.807) is 20.3 Å². The van der Waals surface area contributed by atoms with Gasteiger partial charge in [0.25, 0.3) is 5.56 Å². The summed E-state index contributed by atoms with van der Waals surface area (Å²) in [4.78, 5) is 30.3. The quantitative estimate of drug-likeness (QED) is 0.711. The van der Waals surface area contributed by atoms with Crippen molar-refractivity contribution in [1.29, 1.82) is 0 Å². The van der Waals surface area contributed by atoms with Crippen molar-refractivity contribution < 1.29 is 9.47 Å². The molecule has 2 aromatic heterocycles. The second-order valence-electron chi connectivity index (χ2n) is 5.06. The van der Waals surface area contributed by atoms with Crippen molar-refractivity contribution in [1.82, 2.24) is 14.5 Å². The molecule has 0 spiro atoms. The number of ether oxygens (including phenoxy) is 2. The molecule has 1 aromatic carbocycles. The van der Waals surface area contributed by atoms with E-state index in [0.717, 1.165) is 16.9 Å². The number of anilines is 1. The van der Waals surface area contributed by atoms with E-state index in [1.165, 1.54) is 4.57 Å². The molecule has 0 saturated carbocycles. The Hall–Kier alpha value is -2.81. The zero-order chi connectivity index (χ0) is 17.3. The van der Waals surface area contributed by atoms with E-state index in [2.05, 4.69) is 9.97 Å². The van der Waals surface area contributed by atoms with Gasteiger partial charge in [0.2, 0.25) is 0 Å². The van der Waals surface area contributed by atoms with Crippen molar-refractivity contribution in [2.24, 2.45) is 0 Å². The zero-order valence-electron chi connectivity index (χ0n) is 13.2. The van der Waals surface area contributed by atoms with Gasteiger partial charge >= 0.3 is 5.69 Å². The van der Waals surface area contributed by atoms with Crippen LogP contribution in [0.4, 0.5) is 5.13 Å². The van der Waals surface area contributed by atoms with E-state index in [4.69, 9.17) is 15.2 Å². The molecule has 0 aliphatic rings. The van der Waals surface area contributed by atoms with Crippen LogP contribution in [0.3, 0.4) is 0 Å². The molecule has 9 heteroatoms. The van der Waals surface area contributed by atoms with E-state index >= 15 is 0 Å². The first-order chi connectivity index (χ1) is 11.5. The van der Waals surface area contributed by atoms with Gasteiger partial charge in [0.15, 0.2) is 22.3 Å². The highest BCUT2D eigenvalue weighted by atomic mass is 32.1. The summed E-state index contributed by atoms with van der Waals surface area (Å²) in [6, 6.07) is 5.55. The lowest BCUT2D eigenvalue weighted by Crippen LogP contribution is -2.30. The lowest BCUT2D eigenvalue weighted by molar-refractivity contribution is 0.354. The van der Waals surface area contributed by atoms with Crippen LogP contribution in [-0.2, 0) is 13.0 Å². The second kappa shape index (κ2) is 6.36. The molecular weight excluding hydrogens is 332 g/mol. The number of fused-ring (bicyclic) bond motifs is 1. The number of aryl methyl sites for hydroxylation is 2. The highest BCUT2D eigenvalue weighted by Crippen LogP contribution is 2.28. The Balaban J connectivity index is 1.94. The van der Waals surface area contributed by atoms with Crippen LogP contribution >= 0.6 is 11.3 Å². The van der Waals surface area contributed by atoms with E-state index in [9.17, 15) is 9.59 Å². The number of nitrogens with two attached hydrogens (primary N) is 1. The Morgan fingerprint density at radius 1 is 1.25 bits per heavy atom. The van der Waals surface area contributed by atoms with E-state index < -0.39 is 11.2 Å². The average Bonchev–Trinajstić information content (AvgIpc) is 2.96. The van der Waals surface area contributed by atoms with Gasteiger partial charge in [0.05, 0.1) is 14.2 Å². The Kier molecular flexibility index (Phi) is 4.26. The van der Waals surface area contributed by atoms with Crippen LogP contribution in [0.5, 0.6) is 11.5 Å². The number of nitrogen functional groups attached to an aromatic ring is 1. The number of thiazole rings is 1. The number of nitrogens with zero attached hydrogens (tertiary/aromatic N) is 2. The third-order valence-corrected chi connectivity index (χ3v) is 4.50. The van der Waals surface area contributed by atoms with Crippen LogP contribution in [0.1, 0.15) is 5.56 Å². The Bertz CT molecular complexity index is 1000. The van der Waals surface area contributed by atoms with Gasteiger partial charge < -0.3 is 15.2 Å². The number of methoxy groups -OCH3 is 2. The van der Waals surface area contributed by atoms with Crippen LogP contribution in [0.25, 0.3) is 10.3 Å². The predicted octanol–water partition coefficient (Wildman–Crippen LogP) is 0.988. The van der Waals surface area contributed by atoms with Crippen LogP contribution in [0.15, 0.2) is 27.8 Å². The number of aromatic nitrogens is 3. The summed E-state index contributed by atoms with van der Waals surface area (Å²) in [7, 11) is 3.14. The Morgan fingerprint density at radius 2 is 2.00 bits per heavy atom. The van der Waals surface area contributed by atoms with Gasteiger partial charge in [-0.25, -0.2) is 9.78 Å². The maximum absolute atomic E-state index is 12.1. The minimum Gasteiger partial charge on any atom is -0.493 e. The van der Waals surface area contributed by atoms with Gasteiger partial charge in [-0.05, 0) is 24.1 Å². The summed E-state index contributed by atoms with van der Waals surface area (Å²) in [5.41, 5.74) is 5.97. The van der Waals surface area contributed by atoms with Crippen LogP contribution in [0, 0.1) is 0 Å². The molecule has 3 rings (SSSR count). The van der Waals surface area contributed by atoms with E-state index in [0.29, 0.717) is 34.8 Å². The van der Waals surface area contributed by atoms with Gasteiger partial charge in [-0.15, -0.1) is 0 Å². The predicted molar refractivity (Wildman–Crippen MR) is 92.2 cm³/mol. The summed E-state index contributed by atoms with van der Waals surface area (Å²) >= 11 is 1.06. The molecule has 0 unspecified atom stereocenters. The third-order valence-electron chi connectivity index (χ3n) is 3.63. The van der Waals surface area contributed by atoms with Crippen molar-refractivity contribution >= 4 is 26.8 Å². The summed E-state index contributed by atoms with van der Waals surface area (Å²) in [5.74, 6) is 1.25. The summed E-state index contributed by atoms with van der Waals surface area (Å²) < 4.78 is 12.2. The highest BCUT2D eigenvalue weighted by Gasteiger charge is 2.13. The van der Waals surface area contributed by atoms with Gasteiger partial charge in [-0.2, -0.15) is 0 Å². The number of hydrogen-bond acceptors (Lipinski definition) is 7. The fraction of sp³-hybridized carbons (Fsp3) is 0.267. The van der Waals surface area contributed by atoms with Gasteiger partial charge in [0.1, 0.15) is 4.70 Å². The number of benzene rings is 1. The number of H-pyrrole nitrogens is 1. The molecule has 0 amide bonds. The van der Waals surface area contributed by atoms with Gasteiger partial charge in [-0.3, -0.25) is 14.3 Å². The number of aromatic amines is 1. The van der Waals surface area contributed by atoms with Gasteiger partial charge in [-0.1, -0.05) is 17.4 Å². The molecular formula is C15H16N4O4S. The number of nitrogens with one attached hydrogen (secondary N) is 1. The van der Waals surface area contributed by atoms with Crippen LogP contribution in [0.2, 0.25) is 0 Å². The van der Waals surface area contributed by atoms with Crippen molar-refractivity contribution in [3.05, 3.63) is 44.6 Å². The lowest BCUT2D eigenvalue weighted by atomic mass is 10.1. The van der Waals surface area contributed by atoms with Crippen molar-refractivity contribution in [3.63, 3.8) is 0 Å². The molecule has 0 aliphatic heterocycles. The molecule has 0 atom stereocenters. The zero-order valence-corrected chi connectivity index (χ0v) is 14.0. The van der Waals surface area contributed by atoms with E-state index in [-0.39, 0.29) is 5.13 Å². The highest BCUT2D eigenvalue weighted by molar-refractivity contribution is 7.21. The minimum atomic E-state index is -0.502. The van der Waals surface area contributed by atoms with Crippen molar-refractivity contribution in [2.45, 2.75) is 13.0 Å². The molecule has 2 heterocycles. The van der Waals surface area contributed by atoms with Crippen LogP contribution < -0.4 is 26.5 Å². The fourth-order valence-corrected chi connectivity index (χ4v) is 3.19. The molecule has 8 nitrogen and oxygen atoms in total. The van der Waals surface area contributed by atoms with E-state index in [1.807, 2.05) is 12.1 Å². The molecule has 0 bridgehead atoms. The summed E-state index contributed by atoms with van der Waals surface area (Å²) in [5, 5.41) is 0.251. The molecule has 3 N–H and O–H groups in total. The maximum atomic E-state index is 12.1. The largest absolute Gasteiger partial charge is 0.493 e. The second-order valence-corrected chi connectivity index (χ2v) is 6.09. The molecule has 0 saturated heterocycles. The fourth-order valence-electron chi connectivity index (χ4n) is 2.46. The molecule has 126 valence electrons. The first kappa shape index (κ1) is 16.1. The standard InChI is InChI=1S/C15H16N4O4S/c1-22-9-4-3-8(7-10(9)23-2)5-6-19-12-11(24-14(16)17-12)13(20)18-15(19)21/h3-4,7H,5-6H2,1-2H3,(H2,16,17)(H,18,20,21). The van der Waals surface area contributed by atoms with Gasteiger partial charge in [0, 0.05) is 6.54 Å². The summed E-state index contributed by atoms with van der Waals surface area (Å²) in [6.07, 6.45) is 0.554. The van der Waals surface area contributed by atoms with Crippen molar-refractivity contribution in [3.8, 4) is 11.5 Å². The Morgan fingerprint density at radius 3 is 2.71 bits per heavy atom. The molecule has 24 heavy (non-hydrogen) atoms. The van der Waals surface area contributed by atoms with Crippen LogP contribution in [-0.4, -0.2) is 28.8 Å². The third kappa shape index (κ3) is 2.85. The normalized spacial score (nSPS) is 10.9. The molecule has 0 aliphatic carbocycles. The lowest BCUT2D eigenvalue weighted by Gasteiger charge is -2.10. The van der Waals surface area contributed by atoms with Crippen molar-refractivity contribution in [2.75, 3.05) is 20.0 Å². The first-order valence-electron chi connectivity index (χ1n) is 7.13. The summed E-state index contributed by atoms with van der Waals surface area (Å²) in [6.45, 7) is 0.352. The smallest absolute Gasteiger partial charge is 0.330 e. The number of hydrogen-bond donors (Lipinski definition) is 2. The molecule has 3 aromatic rings. The number of rotatable bonds is 5. The molecule has 0 fully saturated rings. The Labute approximate surface area is 140 Å². The monoisotopic (exact) mass is 348 g/mol. The topological polar surface area (TPSA) is 112 Å². The molecule has 0 radical (unpaired) electrons. The average molecular weight is 348 g/mol. The maximum Gasteiger partial charge on any atom is 0.330 e. The first-order valence-corrected chi connectivity index (χ1v) is 7.95. The minimum absolute atomic E-state index is 0.251. The SMILES string of the molecule is COc1ccc(CCn2c(=O)[nH]c(=O)c3sc(N)nc32)cc1OC.